The van der Waals surface area contributed by atoms with E-state index in [1.807, 2.05) is 18.2 Å². The fourth-order valence-corrected chi connectivity index (χ4v) is 5.87. The first kappa shape index (κ1) is 28.0. The molecule has 0 aliphatic carbocycles. The number of anilines is 1. The van der Waals surface area contributed by atoms with Gasteiger partial charge in [0.25, 0.3) is 10.1 Å². The van der Waals surface area contributed by atoms with Gasteiger partial charge in [-0.2, -0.15) is 8.42 Å². The highest BCUT2D eigenvalue weighted by atomic mass is 32.2. The first-order valence-corrected chi connectivity index (χ1v) is 15.7. The number of unbranched alkanes of at least 4 members (excludes halogenated alkanes) is 5. The minimum absolute atomic E-state index is 0.532. The van der Waals surface area contributed by atoms with E-state index in [9.17, 15) is 8.42 Å². The summed E-state index contributed by atoms with van der Waals surface area (Å²) in [5.41, 5.74) is 3.30. The molecule has 38 heavy (non-hydrogen) atoms. The second kappa shape index (κ2) is 13.7. The lowest BCUT2D eigenvalue weighted by molar-refractivity contribution is 0.485. The summed E-state index contributed by atoms with van der Waals surface area (Å²) >= 11 is 2.87. The summed E-state index contributed by atoms with van der Waals surface area (Å²) in [4.78, 5) is 5.34. The Kier molecular flexibility index (Phi) is 10.0. The second-order valence-corrected chi connectivity index (χ2v) is 12.3. The van der Waals surface area contributed by atoms with Crippen LogP contribution in [-0.2, 0) is 16.5 Å². The Labute approximate surface area is 230 Å². The van der Waals surface area contributed by atoms with Crippen molar-refractivity contribution in [2.75, 3.05) is 11.2 Å². The molecule has 200 valence electrons. The third-order valence-electron chi connectivity index (χ3n) is 5.66. The van der Waals surface area contributed by atoms with Gasteiger partial charge in [-0.15, -0.1) is 20.5 Å². The zero-order chi connectivity index (χ0) is 26.8. The van der Waals surface area contributed by atoms with Gasteiger partial charge in [0.1, 0.15) is 15.7 Å². The van der Waals surface area contributed by atoms with Crippen molar-refractivity contribution in [1.29, 1.82) is 0 Å². The molecule has 0 atom stereocenters. The van der Waals surface area contributed by atoms with Crippen LogP contribution in [-0.4, -0.2) is 23.8 Å². The fraction of sp³-hybridized carbons (Fsp3) is 0.346. The fourth-order valence-electron chi connectivity index (χ4n) is 3.67. The summed E-state index contributed by atoms with van der Waals surface area (Å²) < 4.78 is 31.4. The Balaban J connectivity index is 1.28. The Morgan fingerprint density at radius 3 is 2.18 bits per heavy atom. The Hall–Kier alpha value is -3.06. The molecule has 0 bridgehead atoms. The van der Waals surface area contributed by atoms with E-state index in [-0.39, 0.29) is 0 Å². The van der Waals surface area contributed by atoms with Crippen molar-refractivity contribution in [3.63, 3.8) is 0 Å². The molecule has 2 N–H and O–H groups in total. The van der Waals surface area contributed by atoms with Gasteiger partial charge >= 0.3 is 0 Å². The van der Waals surface area contributed by atoms with Crippen LogP contribution < -0.4 is 5.32 Å². The summed E-state index contributed by atoms with van der Waals surface area (Å²) in [7, 11) is -4.09. The van der Waals surface area contributed by atoms with E-state index in [1.54, 1.807) is 24.3 Å². The zero-order valence-corrected chi connectivity index (χ0v) is 23.5. The Morgan fingerprint density at radius 2 is 1.50 bits per heavy atom. The molecule has 0 unspecified atom stereocenters. The maximum Gasteiger partial charge on any atom is 0.283 e. The first-order chi connectivity index (χ1) is 18.4. The summed E-state index contributed by atoms with van der Waals surface area (Å²) in [6.07, 6.45) is 8.92. The topological polar surface area (TPSA) is 129 Å². The van der Waals surface area contributed by atoms with Crippen LogP contribution in [0.1, 0.15) is 51.0 Å². The summed E-state index contributed by atoms with van der Waals surface area (Å²) in [6.45, 7) is 2.24. The Bertz CT molecular complexity index is 1450. The number of fused-ring (bicyclic) bond motifs is 1. The number of aromatic nitrogens is 1. The van der Waals surface area contributed by atoms with Crippen LogP contribution in [0.5, 0.6) is 0 Å². The molecule has 0 spiro atoms. The average molecular weight is 571 g/mol. The quantitative estimate of drug-likeness (QED) is 0.0886. The van der Waals surface area contributed by atoms with Gasteiger partial charge in [-0.25, -0.2) is 4.98 Å². The molecule has 4 aromatic rings. The molecule has 9 nitrogen and oxygen atoms in total. The van der Waals surface area contributed by atoms with Gasteiger partial charge in [0.2, 0.25) is 5.13 Å². The predicted molar refractivity (Wildman–Crippen MR) is 156 cm³/mol. The van der Waals surface area contributed by atoms with Gasteiger partial charge in [0.15, 0.2) is 0 Å². The zero-order valence-electron chi connectivity index (χ0n) is 21.1. The largest absolute Gasteiger partial charge is 0.370 e. The van der Waals surface area contributed by atoms with E-state index >= 15 is 0 Å². The first-order valence-electron chi connectivity index (χ1n) is 12.5. The third kappa shape index (κ3) is 9.05. The van der Waals surface area contributed by atoms with Crippen LogP contribution in [0.15, 0.2) is 75.1 Å². The van der Waals surface area contributed by atoms with Crippen molar-refractivity contribution in [3.05, 3.63) is 60.2 Å². The van der Waals surface area contributed by atoms with Gasteiger partial charge < -0.3 is 5.32 Å². The standard InChI is InChI=1S/C26H30N6O3S3/c1-2-3-4-5-6-7-8-19-9-11-21(12-10-19)29-31-24-17-23-25(37-24)28-26(36-23)32-30-22-15-13-20(14-16-22)27-18-38(33,34)35/h9-17,27H,2-8,18H2,1H3,(H,33,34,35). The maximum absolute atomic E-state index is 10.8. The molecular formula is C26H30N6O3S3. The minimum atomic E-state index is -4.09. The van der Waals surface area contributed by atoms with Crippen molar-refractivity contribution in [2.45, 2.75) is 51.9 Å². The van der Waals surface area contributed by atoms with Gasteiger partial charge in [0, 0.05) is 5.69 Å². The number of hydrogen-bond donors (Lipinski definition) is 2. The van der Waals surface area contributed by atoms with Crippen LogP contribution in [0, 0.1) is 0 Å². The van der Waals surface area contributed by atoms with Gasteiger partial charge in [-0.1, -0.05) is 73.8 Å². The van der Waals surface area contributed by atoms with E-state index < -0.39 is 16.0 Å². The number of thiophene rings is 1. The van der Waals surface area contributed by atoms with E-state index in [2.05, 4.69) is 49.8 Å². The normalized spacial score (nSPS) is 12.3. The Morgan fingerprint density at radius 1 is 0.842 bits per heavy atom. The predicted octanol–water partition coefficient (Wildman–Crippen LogP) is 9.35. The van der Waals surface area contributed by atoms with Crippen LogP contribution >= 0.6 is 22.7 Å². The van der Waals surface area contributed by atoms with Gasteiger partial charge in [-0.3, -0.25) is 4.55 Å². The molecule has 0 radical (unpaired) electrons. The molecule has 0 saturated heterocycles. The van der Waals surface area contributed by atoms with Crippen molar-refractivity contribution in [2.24, 2.45) is 20.5 Å². The van der Waals surface area contributed by atoms with Crippen molar-refractivity contribution >= 4 is 69.5 Å². The van der Waals surface area contributed by atoms with Crippen molar-refractivity contribution in [1.82, 2.24) is 4.98 Å². The molecular weight excluding hydrogens is 541 g/mol. The molecule has 4 rings (SSSR count). The number of azo groups is 2. The van der Waals surface area contributed by atoms with Crippen molar-refractivity contribution in [3.8, 4) is 0 Å². The average Bonchev–Trinajstić information content (AvgIpc) is 3.46. The van der Waals surface area contributed by atoms with E-state index in [1.165, 1.54) is 66.8 Å². The van der Waals surface area contributed by atoms with Crippen LogP contribution in [0.25, 0.3) is 9.53 Å². The van der Waals surface area contributed by atoms with E-state index in [4.69, 9.17) is 4.55 Å². The second-order valence-electron chi connectivity index (χ2n) is 8.78. The number of rotatable bonds is 14. The van der Waals surface area contributed by atoms with Crippen LogP contribution in [0.3, 0.4) is 0 Å². The highest BCUT2D eigenvalue weighted by Gasteiger charge is 2.09. The molecule has 0 amide bonds. The number of benzene rings is 2. The summed E-state index contributed by atoms with van der Waals surface area (Å²) in [5, 5.41) is 21.1. The molecule has 0 saturated carbocycles. The molecule has 0 aliphatic rings. The number of aryl methyl sites for hydroxylation is 1. The number of nitrogens with zero attached hydrogens (tertiary/aromatic N) is 5. The summed E-state index contributed by atoms with van der Waals surface area (Å²) in [6, 6.07) is 16.9. The molecule has 12 heteroatoms. The highest BCUT2D eigenvalue weighted by molar-refractivity contribution is 7.85. The number of nitrogens with one attached hydrogen (secondary N) is 1. The molecule has 0 fully saturated rings. The molecule has 2 heterocycles. The smallest absolute Gasteiger partial charge is 0.283 e. The minimum Gasteiger partial charge on any atom is -0.370 e. The maximum atomic E-state index is 10.8. The summed E-state index contributed by atoms with van der Waals surface area (Å²) in [5.74, 6) is -0.559. The van der Waals surface area contributed by atoms with Gasteiger partial charge in [0.05, 0.1) is 16.1 Å². The lowest BCUT2D eigenvalue weighted by Crippen LogP contribution is -2.12. The van der Waals surface area contributed by atoms with Crippen LogP contribution in [0.4, 0.5) is 27.2 Å². The lowest BCUT2D eigenvalue weighted by Gasteiger charge is -2.03. The van der Waals surface area contributed by atoms with Gasteiger partial charge in [-0.05, 0) is 60.9 Å². The monoisotopic (exact) mass is 570 g/mol. The number of thiazole rings is 1. The lowest BCUT2D eigenvalue weighted by atomic mass is 10.0. The SMILES string of the molecule is CCCCCCCCc1ccc(N=Nc2cc3sc(N=Nc4ccc(NCS(=O)(=O)O)cc4)nc3s2)cc1. The van der Waals surface area contributed by atoms with E-state index in [0.29, 0.717) is 16.5 Å². The van der Waals surface area contributed by atoms with E-state index in [0.717, 1.165) is 26.6 Å². The highest BCUT2D eigenvalue weighted by Crippen LogP contribution is 2.39. The van der Waals surface area contributed by atoms with Crippen molar-refractivity contribution < 1.29 is 13.0 Å². The van der Waals surface area contributed by atoms with Crippen LogP contribution in [0.2, 0.25) is 0 Å². The number of hydrogen-bond acceptors (Lipinski definition) is 10. The molecule has 2 aromatic carbocycles. The molecule has 0 aliphatic heterocycles. The third-order valence-corrected chi connectivity index (χ3v) is 8.10. The molecule has 2 aromatic heterocycles.